The first-order valence-electron chi connectivity index (χ1n) is 10.3. The Kier molecular flexibility index (Phi) is 5.29. The lowest BCUT2D eigenvalue weighted by Crippen LogP contribution is -2.09. The van der Waals surface area contributed by atoms with Gasteiger partial charge in [-0.3, -0.25) is 19.6 Å². The Bertz CT molecular complexity index is 1360. The molecule has 6 heteroatoms. The number of fused-ring (bicyclic) bond motifs is 1. The van der Waals surface area contributed by atoms with Crippen molar-refractivity contribution < 1.29 is 9.59 Å². The van der Waals surface area contributed by atoms with E-state index in [1.807, 2.05) is 53.9 Å². The average Bonchev–Trinajstić information content (AvgIpc) is 3.47. The van der Waals surface area contributed by atoms with Crippen molar-refractivity contribution in [2.75, 3.05) is 0 Å². The summed E-state index contributed by atoms with van der Waals surface area (Å²) in [5, 5.41) is 2.63. The highest BCUT2D eigenvalue weighted by molar-refractivity contribution is 7.13. The van der Waals surface area contributed by atoms with Crippen LogP contribution in [-0.2, 0) is 17.8 Å². The zero-order chi connectivity index (χ0) is 22.1. The Labute approximate surface area is 189 Å². The van der Waals surface area contributed by atoms with E-state index in [-0.39, 0.29) is 11.6 Å². The number of hydrogen-bond donors (Lipinski definition) is 0. The Morgan fingerprint density at radius 3 is 2.44 bits per heavy atom. The molecule has 32 heavy (non-hydrogen) atoms. The lowest BCUT2D eigenvalue weighted by molar-refractivity contribution is -0.111. The number of nitrogens with zero attached hydrogens (tertiary/aromatic N) is 3. The topological polar surface area (TPSA) is 72.3 Å². The first kappa shape index (κ1) is 20.2. The van der Waals surface area contributed by atoms with Crippen LogP contribution in [0, 0.1) is 0 Å². The minimum Gasteiger partial charge on any atom is -0.293 e. The van der Waals surface area contributed by atoms with Crippen LogP contribution in [0.5, 0.6) is 0 Å². The molecular weight excluding hydrogens is 418 g/mol. The molecule has 0 radical (unpaired) electrons. The number of benzene rings is 2. The first-order chi connectivity index (χ1) is 15.6. The van der Waals surface area contributed by atoms with E-state index < -0.39 is 0 Å². The number of carbonyl (C=O) groups excluding carboxylic acids is 2. The van der Waals surface area contributed by atoms with Crippen LogP contribution in [-0.4, -0.2) is 27.2 Å². The number of carbonyl (C=O) groups is 2. The predicted octanol–water partition coefficient (Wildman–Crippen LogP) is 5.19. The normalized spacial score (nSPS) is 12.3. The van der Waals surface area contributed by atoms with Crippen molar-refractivity contribution in [2.24, 2.45) is 4.99 Å². The zero-order valence-corrected chi connectivity index (χ0v) is 18.2. The third kappa shape index (κ3) is 3.92. The van der Waals surface area contributed by atoms with Gasteiger partial charge in [-0.1, -0.05) is 36.4 Å². The van der Waals surface area contributed by atoms with Gasteiger partial charge in [-0.15, -0.1) is 11.3 Å². The third-order valence-corrected chi connectivity index (χ3v) is 6.36. The van der Waals surface area contributed by atoms with Crippen molar-refractivity contribution in [3.8, 4) is 21.7 Å². The van der Waals surface area contributed by atoms with Crippen molar-refractivity contribution in [3.05, 3.63) is 94.8 Å². The summed E-state index contributed by atoms with van der Waals surface area (Å²) in [4.78, 5) is 37.3. The molecular formula is C26H19N3O2S. The molecule has 1 aliphatic heterocycles. The SMILES string of the molecule is CC(=O)C1=NCc2cc(-c3ccc(CC(=O)c4csc(-c5ccncc5)n4)cc3)ccc21. The maximum Gasteiger partial charge on any atom is 0.186 e. The van der Waals surface area contributed by atoms with Crippen molar-refractivity contribution in [3.63, 3.8) is 0 Å². The molecule has 0 unspecified atom stereocenters. The van der Waals surface area contributed by atoms with Crippen LogP contribution in [0.3, 0.4) is 0 Å². The Hall–Kier alpha value is -3.77. The quantitative estimate of drug-likeness (QED) is 0.389. The van der Waals surface area contributed by atoms with Crippen LogP contribution < -0.4 is 0 Å². The highest BCUT2D eigenvalue weighted by Gasteiger charge is 2.19. The maximum atomic E-state index is 12.7. The highest BCUT2D eigenvalue weighted by atomic mass is 32.1. The van der Waals surface area contributed by atoms with Gasteiger partial charge in [0.05, 0.1) is 6.54 Å². The number of aromatic nitrogens is 2. The monoisotopic (exact) mass is 437 g/mol. The number of ketones is 2. The van der Waals surface area contributed by atoms with Crippen molar-refractivity contribution >= 4 is 28.6 Å². The molecule has 4 aromatic rings. The number of thiazole rings is 1. The average molecular weight is 438 g/mol. The number of rotatable bonds is 6. The van der Waals surface area contributed by atoms with Crippen LogP contribution in [0.2, 0.25) is 0 Å². The van der Waals surface area contributed by atoms with Gasteiger partial charge in [0.1, 0.15) is 16.4 Å². The van der Waals surface area contributed by atoms with Gasteiger partial charge in [0.15, 0.2) is 11.6 Å². The van der Waals surface area contributed by atoms with Crippen molar-refractivity contribution in [1.29, 1.82) is 0 Å². The van der Waals surface area contributed by atoms with Crippen molar-refractivity contribution in [1.82, 2.24) is 9.97 Å². The number of aliphatic imine (C=N–C) groups is 1. The number of hydrogen-bond acceptors (Lipinski definition) is 6. The molecule has 0 amide bonds. The van der Waals surface area contributed by atoms with Gasteiger partial charge in [0.2, 0.25) is 0 Å². The summed E-state index contributed by atoms with van der Waals surface area (Å²) in [5.74, 6) is -0.000669. The molecule has 0 atom stereocenters. The van der Waals surface area contributed by atoms with E-state index in [2.05, 4.69) is 21.0 Å². The van der Waals surface area contributed by atoms with Gasteiger partial charge in [-0.2, -0.15) is 0 Å². The molecule has 156 valence electrons. The molecule has 5 nitrogen and oxygen atoms in total. The van der Waals surface area contributed by atoms with E-state index in [1.165, 1.54) is 11.3 Å². The van der Waals surface area contributed by atoms with E-state index in [9.17, 15) is 9.59 Å². The molecule has 0 saturated carbocycles. The lowest BCUT2D eigenvalue weighted by atomic mass is 9.96. The second-order valence-electron chi connectivity index (χ2n) is 7.66. The predicted molar refractivity (Wildman–Crippen MR) is 126 cm³/mol. The molecule has 3 heterocycles. The summed E-state index contributed by atoms with van der Waals surface area (Å²) in [6, 6.07) is 17.9. The molecule has 2 aromatic heterocycles. The first-order valence-corrected chi connectivity index (χ1v) is 11.1. The molecule has 0 aliphatic carbocycles. The summed E-state index contributed by atoms with van der Waals surface area (Å²) in [7, 11) is 0. The van der Waals surface area contributed by atoms with E-state index in [0.29, 0.717) is 24.4 Å². The number of Topliss-reactive ketones (excluding diaryl/α,β-unsaturated/α-hetero) is 2. The Morgan fingerprint density at radius 1 is 0.938 bits per heavy atom. The number of pyridine rings is 1. The summed E-state index contributed by atoms with van der Waals surface area (Å²) in [5.41, 5.74) is 7.10. The Morgan fingerprint density at radius 2 is 1.69 bits per heavy atom. The molecule has 2 aromatic carbocycles. The molecule has 0 fully saturated rings. The standard InChI is InChI=1S/C26H19N3O2S/c1-16(30)25-22-7-6-20(13-21(22)14-28-25)18-4-2-17(3-5-18)12-24(31)23-15-32-26(29-23)19-8-10-27-11-9-19/h2-11,13,15H,12,14H2,1H3. The second kappa shape index (κ2) is 8.40. The third-order valence-electron chi connectivity index (χ3n) is 5.47. The maximum absolute atomic E-state index is 12.7. The van der Waals surface area contributed by atoms with E-state index in [4.69, 9.17) is 0 Å². The molecule has 0 N–H and O–H groups in total. The minimum absolute atomic E-state index is 0.000692. The van der Waals surface area contributed by atoms with E-state index in [0.717, 1.165) is 38.4 Å². The van der Waals surface area contributed by atoms with Crippen molar-refractivity contribution in [2.45, 2.75) is 19.9 Å². The van der Waals surface area contributed by atoms with Crippen LogP contribution >= 0.6 is 11.3 Å². The summed E-state index contributed by atoms with van der Waals surface area (Å²) >= 11 is 1.46. The minimum atomic E-state index is -0.00136. The van der Waals surface area contributed by atoms with Crippen LogP contribution in [0.25, 0.3) is 21.7 Å². The molecule has 0 saturated heterocycles. The highest BCUT2D eigenvalue weighted by Crippen LogP contribution is 2.28. The summed E-state index contributed by atoms with van der Waals surface area (Å²) in [6.07, 6.45) is 3.74. The smallest absolute Gasteiger partial charge is 0.186 e. The fraction of sp³-hybridized carbons (Fsp3) is 0.115. The largest absolute Gasteiger partial charge is 0.293 e. The van der Waals surface area contributed by atoms with E-state index in [1.54, 1.807) is 19.3 Å². The van der Waals surface area contributed by atoms with Gasteiger partial charge in [-0.25, -0.2) is 4.98 Å². The fourth-order valence-electron chi connectivity index (χ4n) is 3.81. The van der Waals surface area contributed by atoms with Gasteiger partial charge >= 0.3 is 0 Å². The molecule has 0 spiro atoms. The fourth-order valence-corrected chi connectivity index (χ4v) is 4.64. The van der Waals surface area contributed by atoms with Gasteiger partial charge in [0.25, 0.3) is 0 Å². The van der Waals surface area contributed by atoms with E-state index >= 15 is 0 Å². The van der Waals surface area contributed by atoms with Gasteiger partial charge in [0, 0.05) is 42.2 Å². The molecule has 1 aliphatic rings. The Balaban J connectivity index is 1.29. The second-order valence-corrected chi connectivity index (χ2v) is 8.52. The summed E-state index contributed by atoms with van der Waals surface area (Å²) in [6.45, 7) is 2.09. The van der Waals surface area contributed by atoms with Crippen LogP contribution in [0.1, 0.15) is 34.1 Å². The van der Waals surface area contributed by atoms with Gasteiger partial charge < -0.3 is 0 Å². The van der Waals surface area contributed by atoms with Crippen LogP contribution in [0.15, 0.2) is 77.4 Å². The zero-order valence-electron chi connectivity index (χ0n) is 17.4. The van der Waals surface area contributed by atoms with Crippen LogP contribution in [0.4, 0.5) is 0 Å². The molecule has 0 bridgehead atoms. The summed E-state index contributed by atoms with van der Waals surface area (Å²) < 4.78 is 0. The molecule has 5 rings (SSSR count). The lowest BCUT2D eigenvalue weighted by Gasteiger charge is -2.07. The van der Waals surface area contributed by atoms with Gasteiger partial charge in [-0.05, 0) is 40.5 Å².